The Hall–Kier alpha value is -2.41. The third-order valence-corrected chi connectivity index (χ3v) is 5.56. The van der Waals surface area contributed by atoms with Crippen LogP contribution in [0.5, 0.6) is 5.88 Å². The molecule has 126 valence electrons. The lowest BCUT2D eigenvalue weighted by atomic mass is 10.2. The van der Waals surface area contributed by atoms with Gasteiger partial charge in [0.25, 0.3) is 5.91 Å². The van der Waals surface area contributed by atoms with Crippen LogP contribution in [0.15, 0.2) is 48.7 Å². The zero-order valence-electron chi connectivity index (χ0n) is 13.0. The lowest BCUT2D eigenvalue weighted by Gasteiger charge is -2.11. The summed E-state index contributed by atoms with van der Waals surface area (Å²) in [6, 6.07) is 12.6. The number of pyridine rings is 1. The van der Waals surface area contributed by atoms with Crippen molar-refractivity contribution in [2.75, 3.05) is 11.5 Å². The lowest BCUT2D eigenvalue weighted by molar-refractivity contribution is 0.0940. The van der Waals surface area contributed by atoms with Crippen LogP contribution in [-0.2, 0) is 16.4 Å². The number of nitrogens with one attached hydrogen (secondary N) is 1. The molecule has 0 spiro atoms. The minimum atomic E-state index is -3.01. The van der Waals surface area contributed by atoms with Crippen molar-refractivity contribution in [2.24, 2.45) is 0 Å². The Balaban J connectivity index is 1.55. The Bertz CT molecular complexity index is 804. The minimum absolute atomic E-state index is 0.00440. The topological polar surface area (TPSA) is 85.4 Å². The molecule has 1 amide bonds. The van der Waals surface area contributed by atoms with Crippen molar-refractivity contribution in [3.05, 3.63) is 59.8 Å². The fraction of sp³-hybridized carbons (Fsp3) is 0.294. The second-order valence-corrected chi connectivity index (χ2v) is 7.96. The summed E-state index contributed by atoms with van der Waals surface area (Å²) in [5, 5.41) is 2.73. The van der Waals surface area contributed by atoms with Gasteiger partial charge in [-0.1, -0.05) is 30.3 Å². The highest BCUT2D eigenvalue weighted by Crippen LogP contribution is 2.14. The molecule has 0 bridgehead atoms. The van der Waals surface area contributed by atoms with Crippen LogP contribution in [0.4, 0.5) is 0 Å². The van der Waals surface area contributed by atoms with Crippen LogP contribution in [-0.4, -0.2) is 36.9 Å². The van der Waals surface area contributed by atoms with E-state index in [0.29, 0.717) is 24.5 Å². The zero-order valence-corrected chi connectivity index (χ0v) is 13.8. The summed E-state index contributed by atoms with van der Waals surface area (Å²) in [6.07, 6.45) is 1.89. The van der Waals surface area contributed by atoms with E-state index in [4.69, 9.17) is 4.74 Å². The molecule has 1 N–H and O–H groups in total. The maximum Gasteiger partial charge on any atom is 0.253 e. The number of rotatable bonds is 5. The molecule has 6 nitrogen and oxygen atoms in total. The molecule has 3 rings (SSSR count). The third kappa shape index (κ3) is 4.32. The largest absolute Gasteiger partial charge is 0.473 e. The number of ether oxygens (including phenoxy) is 1. The molecule has 1 aromatic carbocycles. The van der Waals surface area contributed by atoms with Gasteiger partial charge in [-0.2, -0.15) is 0 Å². The Labute approximate surface area is 140 Å². The van der Waals surface area contributed by atoms with E-state index in [1.165, 1.54) is 6.20 Å². The number of carbonyl (C=O) groups is 1. The molecule has 2 aromatic rings. The Kier molecular flexibility index (Phi) is 4.80. The van der Waals surface area contributed by atoms with Gasteiger partial charge in [-0.3, -0.25) is 4.79 Å². The van der Waals surface area contributed by atoms with Gasteiger partial charge in [-0.05, 0) is 18.1 Å². The molecular formula is C17H18N2O4S. The van der Waals surface area contributed by atoms with E-state index in [1.807, 2.05) is 30.3 Å². The highest BCUT2D eigenvalue weighted by molar-refractivity contribution is 7.91. The van der Waals surface area contributed by atoms with Gasteiger partial charge in [0.05, 0.1) is 17.1 Å². The summed E-state index contributed by atoms with van der Waals surface area (Å²) in [4.78, 5) is 16.2. The van der Waals surface area contributed by atoms with E-state index in [-0.39, 0.29) is 23.5 Å². The van der Waals surface area contributed by atoms with E-state index in [1.54, 1.807) is 12.1 Å². The van der Waals surface area contributed by atoms with Crippen LogP contribution in [0.3, 0.4) is 0 Å². The molecule has 0 saturated carbocycles. The molecule has 24 heavy (non-hydrogen) atoms. The van der Waals surface area contributed by atoms with Gasteiger partial charge in [0.2, 0.25) is 5.88 Å². The van der Waals surface area contributed by atoms with E-state index in [0.717, 1.165) is 5.56 Å². The summed E-state index contributed by atoms with van der Waals surface area (Å²) in [5.74, 6) is 0.241. The minimum Gasteiger partial charge on any atom is -0.473 e. The van der Waals surface area contributed by atoms with Crippen LogP contribution < -0.4 is 10.1 Å². The van der Waals surface area contributed by atoms with Crippen molar-refractivity contribution in [1.82, 2.24) is 10.3 Å². The van der Waals surface area contributed by atoms with Crippen molar-refractivity contribution < 1.29 is 17.9 Å². The molecule has 1 saturated heterocycles. The molecule has 7 heteroatoms. The normalized spacial score (nSPS) is 18.9. The first-order valence-electron chi connectivity index (χ1n) is 7.66. The average Bonchev–Trinajstić information content (AvgIpc) is 2.93. The van der Waals surface area contributed by atoms with Crippen molar-refractivity contribution in [3.63, 3.8) is 0 Å². The van der Waals surface area contributed by atoms with Crippen molar-refractivity contribution >= 4 is 15.7 Å². The third-order valence-electron chi connectivity index (χ3n) is 3.80. The monoisotopic (exact) mass is 346 g/mol. The van der Waals surface area contributed by atoms with Gasteiger partial charge in [0, 0.05) is 18.3 Å². The highest BCUT2D eigenvalue weighted by Gasteiger charge is 2.29. The van der Waals surface area contributed by atoms with Gasteiger partial charge < -0.3 is 10.1 Å². The molecule has 1 aliphatic heterocycles. The highest BCUT2D eigenvalue weighted by atomic mass is 32.2. The summed E-state index contributed by atoms with van der Waals surface area (Å²) in [7, 11) is -3.01. The number of hydrogen-bond acceptors (Lipinski definition) is 5. The molecule has 1 fully saturated rings. The van der Waals surface area contributed by atoms with Gasteiger partial charge >= 0.3 is 0 Å². The number of sulfone groups is 1. The standard InChI is InChI=1S/C17H18N2O4S/c20-17(19-15-8-9-24(21,22)12-15)14-6-7-16(18-10-14)23-11-13-4-2-1-3-5-13/h1-7,10,15H,8-9,11-12H2,(H,19,20). The van der Waals surface area contributed by atoms with Crippen LogP contribution in [0.25, 0.3) is 0 Å². The van der Waals surface area contributed by atoms with Gasteiger partial charge in [-0.25, -0.2) is 13.4 Å². The van der Waals surface area contributed by atoms with Crippen molar-refractivity contribution in [1.29, 1.82) is 0 Å². The van der Waals surface area contributed by atoms with Crippen LogP contribution >= 0.6 is 0 Å². The fourth-order valence-corrected chi connectivity index (χ4v) is 4.18. The molecule has 1 aliphatic rings. The summed E-state index contributed by atoms with van der Waals surface area (Å²) in [6.45, 7) is 0.402. The zero-order chi connectivity index (χ0) is 17.0. The van der Waals surface area contributed by atoms with E-state index in [9.17, 15) is 13.2 Å². The number of nitrogens with zero attached hydrogens (tertiary/aromatic N) is 1. The fourth-order valence-electron chi connectivity index (χ4n) is 2.51. The van der Waals surface area contributed by atoms with E-state index in [2.05, 4.69) is 10.3 Å². The summed E-state index contributed by atoms with van der Waals surface area (Å²) >= 11 is 0. The number of aromatic nitrogens is 1. The number of amides is 1. The Morgan fingerprint density at radius 2 is 2.00 bits per heavy atom. The van der Waals surface area contributed by atoms with Crippen molar-refractivity contribution in [3.8, 4) is 5.88 Å². The van der Waals surface area contributed by atoms with E-state index < -0.39 is 9.84 Å². The Morgan fingerprint density at radius 3 is 2.62 bits per heavy atom. The van der Waals surface area contributed by atoms with Gasteiger partial charge in [0.1, 0.15) is 6.61 Å². The lowest BCUT2D eigenvalue weighted by Crippen LogP contribution is -2.35. The second-order valence-electron chi connectivity index (χ2n) is 5.73. The number of hydrogen-bond donors (Lipinski definition) is 1. The van der Waals surface area contributed by atoms with Crippen molar-refractivity contribution in [2.45, 2.75) is 19.1 Å². The first-order chi connectivity index (χ1) is 11.5. The Morgan fingerprint density at radius 1 is 1.21 bits per heavy atom. The van der Waals surface area contributed by atoms with Gasteiger partial charge in [0.15, 0.2) is 9.84 Å². The quantitative estimate of drug-likeness (QED) is 0.888. The second kappa shape index (κ2) is 7.00. The van der Waals surface area contributed by atoms with Crippen LogP contribution in [0, 0.1) is 0 Å². The number of carbonyl (C=O) groups excluding carboxylic acids is 1. The predicted molar refractivity (Wildman–Crippen MR) is 89.5 cm³/mol. The predicted octanol–water partition coefficient (Wildman–Crippen LogP) is 1.58. The summed E-state index contributed by atoms with van der Waals surface area (Å²) in [5.41, 5.74) is 1.41. The molecule has 1 atom stereocenters. The molecule has 0 radical (unpaired) electrons. The average molecular weight is 346 g/mol. The van der Waals surface area contributed by atoms with Gasteiger partial charge in [-0.15, -0.1) is 0 Å². The molecule has 0 aliphatic carbocycles. The molecular weight excluding hydrogens is 328 g/mol. The van der Waals surface area contributed by atoms with E-state index >= 15 is 0 Å². The first kappa shape index (κ1) is 16.4. The SMILES string of the molecule is O=C(NC1CCS(=O)(=O)C1)c1ccc(OCc2ccccc2)nc1. The maximum atomic E-state index is 12.1. The first-order valence-corrected chi connectivity index (χ1v) is 9.48. The summed E-state index contributed by atoms with van der Waals surface area (Å²) < 4.78 is 28.4. The number of benzene rings is 1. The molecule has 2 heterocycles. The molecule has 1 unspecified atom stereocenters. The maximum absolute atomic E-state index is 12.1. The van der Waals surface area contributed by atoms with Crippen LogP contribution in [0.2, 0.25) is 0 Å². The molecule has 1 aromatic heterocycles. The van der Waals surface area contributed by atoms with Crippen LogP contribution in [0.1, 0.15) is 22.3 Å². The smallest absolute Gasteiger partial charge is 0.253 e.